The largest absolute Gasteiger partial charge is 0.488 e. The third kappa shape index (κ3) is 5.20. The summed E-state index contributed by atoms with van der Waals surface area (Å²) in [5, 5.41) is 0. The van der Waals surface area contributed by atoms with Gasteiger partial charge in [0.1, 0.15) is 22.5 Å². The molecule has 0 aliphatic carbocycles. The molecule has 0 N–H and O–H groups in total. The molecule has 1 saturated heterocycles. The Morgan fingerprint density at radius 3 is 2.86 bits per heavy atom. The lowest BCUT2D eigenvalue weighted by atomic mass is 10.1. The number of rotatable bonds is 7. The second-order valence-corrected chi connectivity index (χ2v) is 8.52. The molecule has 0 aromatic heterocycles. The summed E-state index contributed by atoms with van der Waals surface area (Å²) < 4.78 is 25.6. The van der Waals surface area contributed by atoms with Crippen molar-refractivity contribution in [1.82, 2.24) is 4.90 Å². The Hall–Kier alpha value is -1.74. The van der Waals surface area contributed by atoms with Crippen molar-refractivity contribution in [3.05, 3.63) is 68.8 Å². The number of ether oxygens (including phenoxy) is 2. The normalized spacial score (nSPS) is 15.5. The van der Waals surface area contributed by atoms with Crippen LogP contribution in [0.5, 0.6) is 5.75 Å². The zero-order valence-corrected chi connectivity index (χ0v) is 18.2. The van der Waals surface area contributed by atoms with Crippen LogP contribution in [0.4, 0.5) is 4.39 Å². The minimum atomic E-state index is -0.308. The first kappa shape index (κ1) is 21.0. The van der Waals surface area contributed by atoms with Crippen LogP contribution in [0.15, 0.2) is 51.8 Å². The molecule has 1 amide bonds. The van der Waals surface area contributed by atoms with Crippen molar-refractivity contribution in [3.63, 3.8) is 0 Å². The summed E-state index contributed by atoms with van der Waals surface area (Å²) in [6, 6.07) is 11.8. The zero-order chi connectivity index (χ0) is 20.1. The average Bonchev–Trinajstić information content (AvgIpc) is 2.92. The van der Waals surface area contributed by atoms with E-state index in [1.54, 1.807) is 31.4 Å². The lowest BCUT2D eigenvalue weighted by Gasteiger charge is -2.13. The predicted octanol–water partition coefficient (Wildman–Crippen LogP) is 5.01. The topological polar surface area (TPSA) is 38.8 Å². The van der Waals surface area contributed by atoms with Crippen LogP contribution in [0.2, 0.25) is 0 Å². The predicted molar refractivity (Wildman–Crippen MR) is 117 cm³/mol. The number of carbonyl (C=O) groups is 1. The monoisotopic (exact) mass is 481 g/mol. The molecular weight excluding hydrogens is 465 g/mol. The van der Waals surface area contributed by atoms with E-state index in [1.165, 1.54) is 28.8 Å². The first-order chi connectivity index (χ1) is 13.5. The summed E-state index contributed by atoms with van der Waals surface area (Å²) in [7, 11) is 1.58. The van der Waals surface area contributed by atoms with Gasteiger partial charge in [0.25, 0.3) is 5.91 Å². The summed E-state index contributed by atoms with van der Waals surface area (Å²) in [4.78, 5) is 14.7. The van der Waals surface area contributed by atoms with Crippen LogP contribution >= 0.6 is 39.9 Å². The minimum Gasteiger partial charge on any atom is -0.488 e. The van der Waals surface area contributed by atoms with Crippen LogP contribution in [-0.2, 0) is 16.1 Å². The van der Waals surface area contributed by atoms with Gasteiger partial charge in [-0.05, 0) is 42.0 Å². The molecule has 1 aliphatic heterocycles. The number of benzene rings is 2. The molecule has 8 heteroatoms. The molecule has 0 unspecified atom stereocenters. The van der Waals surface area contributed by atoms with Crippen LogP contribution in [0.3, 0.4) is 0 Å². The highest BCUT2D eigenvalue weighted by Gasteiger charge is 2.31. The van der Waals surface area contributed by atoms with Gasteiger partial charge in [0.05, 0.1) is 18.1 Å². The molecule has 2 aromatic carbocycles. The van der Waals surface area contributed by atoms with Crippen molar-refractivity contribution in [2.75, 3.05) is 20.3 Å². The van der Waals surface area contributed by atoms with Crippen LogP contribution in [0, 0.1) is 5.82 Å². The van der Waals surface area contributed by atoms with E-state index in [-0.39, 0.29) is 18.3 Å². The van der Waals surface area contributed by atoms with Gasteiger partial charge in [0, 0.05) is 17.1 Å². The van der Waals surface area contributed by atoms with Gasteiger partial charge in [-0.1, -0.05) is 52.0 Å². The van der Waals surface area contributed by atoms with E-state index < -0.39 is 0 Å². The van der Waals surface area contributed by atoms with Crippen LogP contribution in [0.1, 0.15) is 11.1 Å². The lowest BCUT2D eigenvalue weighted by molar-refractivity contribution is -0.122. The third-order valence-electron chi connectivity index (χ3n) is 3.93. The number of thioether (sulfide) groups is 1. The summed E-state index contributed by atoms with van der Waals surface area (Å²) in [6.45, 7) is 1.05. The number of hydrogen-bond donors (Lipinski definition) is 0. The Kier molecular flexibility index (Phi) is 7.23. The van der Waals surface area contributed by atoms with Gasteiger partial charge >= 0.3 is 0 Å². The molecular formula is C20H17BrFNO3S2. The van der Waals surface area contributed by atoms with Crippen molar-refractivity contribution < 1.29 is 18.7 Å². The highest BCUT2D eigenvalue weighted by Crippen LogP contribution is 2.35. The van der Waals surface area contributed by atoms with Gasteiger partial charge in [0.2, 0.25) is 0 Å². The number of methoxy groups -OCH3 is 1. The Labute approximate surface area is 180 Å². The molecule has 4 nitrogen and oxygen atoms in total. The summed E-state index contributed by atoms with van der Waals surface area (Å²) >= 11 is 10.0. The quantitative estimate of drug-likeness (QED) is 0.410. The maximum atomic E-state index is 13.4. The highest BCUT2D eigenvalue weighted by atomic mass is 79.9. The number of carbonyl (C=O) groups excluding carboxylic acids is 1. The fourth-order valence-corrected chi connectivity index (χ4v) is 4.25. The molecule has 1 fully saturated rings. The smallest absolute Gasteiger partial charge is 0.266 e. The second kappa shape index (κ2) is 9.65. The van der Waals surface area contributed by atoms with Gasteiger partial charge < -0.3 is 9.47 Å². The minimum absolute atomic E-state index is 0.150. The molecule has 2 aromatic rings. The van der Waals surface area contributed by atoms with Crippen LogP contribution in [0.25, 0.3) is 6.08 Å². The fraction of sp³-hybridized carbons (Fsp3) is 0.200. The van der Waals surface area contributed by atoms with Crippen molar-refractivity contribution in [2.45, 2.75) is 6.61 Å². The Bertz CT molecular complexity index is 935. The van der Waals surface area contributed by atoms with Crippen molar-refractivity contribution in [1.29, 1.82) is 0 Å². The molecule has 1 aliphatic rings. The number of hydrogen-bond acceptors (Lipinski definition) is 5. The van der Waals surface area contributed by atoms with Gasteiger partial charge in [0.15, 0.2) is 0 Å². The molecule has 146 valence electrons. The molecule has 0 atom stereocenters. The lowest BCUT2D eigenvalue weighted by Crippen LogP contribution is -2.31. The molecule has 28 heavy (non-hydrogen) atoms. The Morgan fingerprint density at radius 2 is 2.11 bits per heavy atom. The maximum absolute atomic E-state index is 13.4. The third-order valence-corrected chi connectivity index (χ3v) is 5.81. The standard InChI is InChI=1S/C20H17BrFNO3S2/c1-25-8-7-23-19(24)18(28-20(23)27)11-14-10-15(21)5-6-17(14)26-12-13-3-2-4-16(22)9-13/h2-6,9-11H,7-8,12H2,1H3/b18-11-. The van der Waals surface area contributed by atoms with Crippen molar-refractivity contribution in [2.24, 2.45) is 0 Å². The van der Waals surface area contributed by atoms with E-state index in [4.69, 9.17) is 21.7 Å². The second-order valence-electron chi connectivity index (χ2n) is 5.93. The van der Waals surface area contributed by atoms with Gasteiger partial charge in [-0.2, -0.15) is 0 Å². The Balaban J connectivity index is 1.81. The Morgan fingerprint density at radius 1 is 1.29 bits per heavy atom. The highest BCUT2D eigenvalue weighted by molar-refractivity contribution is 9.10. The van der Waals surface area contributed by atoms with E-state index in [0.29, 0.717) is 28.1 Å². The maximum Gasteiger partial charge on any atom is 0.266 e. The zero-order valence-electron chi connectivity index (χ0n) is 15.0. The molecule has 1 heterocycles. The number of thiocarbonyl (C=S) groups is 1. The first-order valence-corrected chi connectivity index (χ1v) is 10.4. The number of halogens is 2. The van der Waals surface area contributed by atoms with E-state index >= 15 is 0 Å². The average molecular weight is 482 g/mol. The number of nitrogens with zero attached hydrogens (tertiary/aromatic N) is 1. The molecule has 3 rings (SSSR count). The molecule has 0 bridgehead atoms. The first-order valence-electron chi connectivity index (χ1n) is 8.39. The molecule has 0 radical (unpaired) electrons. The van der Waals surface area contributed by atoms with E-state index in [1.807, 2.05) is 12.1 Å². The fourth-order valence-electron chi connectivity index (χ4n) is 2.57. The van der Waals surface area contributed by atoms with Gasteiger partial charge in [-0.3, -0.25) is 9.69 Å². The number of amides is 1. The van der Waals surface area contributed by atoms with Gasteiger partial charge in [-0.15, -0.1) is 0 Å². The van der Waals surface area contributed by atoms with Crippen molar-refractivity contribution >= 4 is 56.2 Å². The van der Waals surface area contributed by atoms with E-state index in [2.05, 4.69) is 15.9 Å². The van der Waals surface area contributed by atoms with Gasteiger partial charge in [-0.25, -0.2) is 4.39 Å². The summed E-state index contributed by atoms with van der Waals surface area (Å²) in [5.74, 6) is 0.134. The van der Waals surface area contributed by atoms with E-state index in [9.17, 15) is 9.18 Å². The summed E-state index contributed by atoms with van der Waals surface area (Å²) in [6.07, 6.45) is 1.76. The van der Waals surface area contributed by atoms with E-state index in [0.717, 1.165) is 15.6 Å². The van der Waals surface area contributed by atoms with Crippen molar-refractivity contribution in [3.8, 4) is 5.75 Å². The van der Waals surface area contributed by atoms with Crippen LogP contribution in [-0.4, -0.2) is 35.4 Å². The van der Waals surface area contributed by atoms with Crippen LogP contribution < -0.4 is 4.74 Å². The SMILES string of the molecule is COCCN1C(=O)/C(=C/c2cc(Br)ccc2OCc2cccc(F)c2)SC1=S. The summed E-state index contributed by atoms with van der Waals surface area (Å²) in [5.41, 5.74) is 1.46. The molecule has 0 saturated carbocycles. The molecule has 0 spiro atoms.